The number of carbonyl (C=O) groups is 1. The number of hydrogen-bond acceptors (Lipinski definition) is 5. The molecular weight excluding hydrogens is 322 g/mol. The third-order valence-electron chi connectivity index (χ3n) is 2.71. The van der Waals surface area contributed by atoms with Crippen LogP contribution in [-0.4, -0.2) is 19.3 Å². The van der Waals surface area contributed by atoms with Gasteiger partial charge in [-0.05, 0) is 29.6 Å². The second-order valence-electron chi connectivity index (χ2n) is 5.61. The third-order valence-corrected chi connectivity index (χ3v) is 4.77. The third kappa shape index (κ3) is 4.05. The van der Waals surface area contributed by atoms with Crippen LogP contribution < -0.4 is 5.32 Å². The van der Waals surface area contributed by atoms with Crippen LogP contribution in [0.2, 0.25) is 0 Å². The average Bonchev–Trinajstić information content (AvgIpc) is 2.90. The quantitative estimate of drug-likeness (QED) is 0.923. The minimum absolute atomic E-state index is 0.0523. The summed E-state index contributed by atoms with van der Waals surface area (Å²) in [7, 11) is -3.80. The Balaban J connectivity index is 2.13. The van der Waals surface area contributed by atoms with Gasteiger partial charge in [0.05, 0.1) is 4.90 Å². The predicted molar refractivity (Wildman–Crippen MR) is 86.8 cm³/mol. The average molecular weight is 338 g/mol. The Hall–Kier alpha value is -1.93. The molecule has 118 valence electrons. The first-order chi connectivity index (χ1) is 10.2. The van der Waals surface area contributed by atoms with Gasteiger partial charge in [0.15, 0.2) is 0 Å². The van der Waals surface area contributed by atoms with Crippen molar-refractivity contribution in [1.29, 1.82) is 0 Å². The Labute approximate surface area is 133 Å². The van der Waals surface area contributed by atoms with Crippen LogP contribution in [-0.2, 0) is 14.8 Å². The van der Waals surface area contributed by atoms with E-state index in [0.29, 0.717) is 5.69 Å². The number of thiazole rings is 1. The predicted octanol–water partition coefficient (Wildman–Crippen LogP) is 3.52. The largest absolute Gasteiger partial charge is 0.433 e. The van der Waals surface area contributed by atoms with E-state index in [1.165, 1.54) is 30.5 Å². The molecule has 0 spiro atoms. The zero-order valence-corrected chi connectivity index (χ0v) is 14.0. The molecular formula is C14H16N3O3S2-. The first kappa shape index (κ1) is 16.4. The first-order valence-corrected chi connectivity index (χ1v) is 8.79. The molecule has 0 saturated carbocycles. The summed E-state index contributed by atoms with van der Waals surface area (Å²) in [5, 5.41) is 4.57. The summed E-state index contributed by atoms with van der Waals surface area (Å²) in [5.41, 5.74) is 0.0124. The minimum Gasteiger partial charge on any atom is -0.433 e. The van der Waals surface area contributed by atoms with Crippen molar-refractivity contribution < 1.29 is 13.2 Å². The molecule has 0 fully saturated rings. The van der Waals surface area contributed by atoms with Gasteiger partial charge in [-0.1, -0.05) is 27.0 Å². The van der Waals surface area contributed by atoms with Crippen molar-refractivity contribution in [2.45, 2.75) is 25.7 Å². The van der Waals surface area contributed by atoms with Crippen LogP contribution >= 0.6 is 11.3 Å². The minimum atomic E-state index is -3.80. The van der Waals surface area contributed by atoms with E-state index < -0.39 is 15.4 Å². The number of anilines is 1. The van der Waals surface area contributed by atoms with E-state index in [1.54, 1.807) is 26.2 Å². The summed E-state index contributed by atoms with van der Waals surface area (Å²) in [6.07, 6.45) is 1.49. The Morgan fingerprint density at radius 2 is 1.86 bits per heavy atom. The van der Waals surface area contributed by atoms with Crippen molar-refractivity contribution in [2.24, 2.45) is 5.41 Å². The molecule has 0 radical (unpaired) electrons. The molecule has 1 amide bonds. The highest BCUT2D eigenvalue weighted by atomic mass is 32.2. The molecule has 0 aliphatic carbocycles. The molecule has 22 heavy (non-hydrogen) atoms. The van der Waals surface area contributed by atoms with E-state index in [4.69, 9.17) is 0 Å². The van der Waals surface area contributed by atoms with Crippen LogP contribution in [0.5, 0.6) is 0 Å². The molecule has 2 rings (SSSR count). The molecule has 1 aromatic carbocycles. The second-order valence-corrected chi connectivity index (χ2v) is 8.09. The van der Waals surface area contributed by atoms with E-state index in [-0.39, 0.29) is 15.9 Å². The van der Waals surface area contributed by atoms with Crippen molar-refractivity contribution in [3.63, 3.8) is 0 Å². The fourth-order valence-electron chi connectivity index (χ4n) is 1.45. The zero-order valence-electron chi connectivity index (χ0n) is 12.4. The maximum absolute atomic E-state index is 12.1. The van der Waals surface area contributed by atoms with Gasteiger partial charge in [-0.2, -0.15) is 11.3 Å². The Bertz CT molecular complexity index is 746. The molecule has 0 atom stereocenters. The van der Waals surface area contributed by atoms with Gasteiger partial charge in [0.25, 0.3) is 0 Å². The molecule has 1 aromatic heterocycles. The standard InChI is InChI=1S/C14H17N3O3S2/c1-14(2,3)12(18)16-10-4-6-11(7-5-10)22(19,20)17-13-15-8-9-21-13/h4-9H,1-3H3,(H2,15,16,17,18)/p-1. The number of hydrogen-bond donors (Lipinski definition) is 1. The van der Waals surface area contributed by atoms with E-state index in [2.05, 4.69) is 15.0 Å². The highest BCUT2D eigenvalue weighted by Crippen LogP contribution is 2.29. The van der Waals surface area contributed by atoms with Gasteiger partial charge in [-0.3, -0.25) is 4.79 Å². The molecule has 8 heteroatoms. The highest BCUT2D eigenvalue weighted by molar-refractivity contribution is 7.94. The number of nitrogens with one attached hydrogen (secondary N) is 1. The van der Waals surface area contributed by atoms with Gasteiger partial charge in [0, 0.05) is 16.2 Å². The lowest BCUT2D eigenvalue weighted by molar-refractivity contribution is -0.123. The summed E-state index contributed by atoms with van der Waals surface area (Å²) in [5.74, 6) is -0.143. The van der Waals surface area contributed by atoms with Crippen molar-refractivity contribution in [2.75, 3.05) is 5.32 Å². The highest BCUT2D eigenvalue weighted by Gasteiger charge is 2.21. The number of nitrogens with zero attached hydrogens (tertiary/aromatic N) is 2. The zero-order chi connectivity index (χ0) is 16.4. The summed E-state index contributed by atoms with van der Waals surface area (Å²) in [6.45, 7) is 5.40. The normalized spacial score (nSPS) is 12.0. The Kier molecular flexibility index (Phi) is 4.52. The summed E-state index contributed by atoms with van der Waals surface area (Å²) < 4.78 is 27.9. The van der Waals surface area contributed by atoms with Crippen LogP contribution in [0.25, 0.3) is 4.72 Å². The second kappa shape index (κ2) is 6.05. The summed E-state index contributed by atoms with van der Waals surface area (Å²) >= 11 is 1.14. The molecule has 0 saturated heterocycles. The lowest BCUT2D eigenvalue weighted by Crippen LogP contribution is -2.27. The topological polar surface area (TPSA) is 90.2 Å². The number of benzene rings is 1. The first-order valence-electron chi connectivity index (χ1n) is 6.47. The molecule has 0 unspecified atom stereocenters. The number of carbonyl (C=O) groups excluding carboxylic acids is 1. The van der Waals surface area contributed by atoms with Crippen molar-refractivity contribution >= 4 is 38.1 Å². The molecule has 1 heterocycles. The molecule has 6 nitrogen and oxygen atoms in total. The van der Waals surface area contributed by atoms with Crippen molar-refractivity contribution in [3.8, 4) is 0 Å². The van der Waals surface area contributed by atoms with E-state index in [9.17, 15) is 13.2 Å². The molecule has 1 N–H and O–H groups in total. The molecule has 0 aliphatic heterocycles. The van der Waals surface area contributed by atoms with Crippen LogP contribution in [0.15, 0.2) is 40.7 Å². The van der Waals surface area contributed by atoms with Gasteiger partial charge < -0.3 is 15.0 Å². The lowest BCUT2D eigenvalue weighted by Gasteiger charge is -2.18. The fraction of sp³-hybridized carbons (Fsp3) is 0.286. The number of amides is 1. The Morgan fingerprint density at radius 1 is 1.23 bits per heavy atom. The van der Waals surface area contributed by atoms with E-state index in [1.807, 2.05) is 0 Å². The van der Waals surface area contributed by atoms with Gasteiger partial charge in [0.2, 0.25) is 15.9 Å². The summed E-state index contributed by atoms with van der Waals surface area (Å²) in [6, 6.07) is 5.89. The number of aromatic nitrogens is 1. The fourth-order valence-corrected chi connectivity index (χ4v) is 3.12. The summed E-state index contributed by atoms with van der Waals surface area (Å²) in [4.78, 5) is 15.8. The van der Waals surface area contributed by atoms with Gasteiger partial charge in [-0.15, -0.1) is 0 Å². The Morgan fingerprint density at radius 3 is 2.36 bits per heavy atom. The van der Waals surface area contributed by atoms with Crippen LogP contribution in [0.3, 0.4) is 0 Å². The maximum Gasteiger partial charge on any atom is 0.229 e. The van der Waals surface area contributed by atoms with Crippen molar-refractivity contribution in [3.05, 3.63) is 40.6 Å². The van der Waals surface area contributed by atoms with Crippen molar-refractivity contribution in [1.82, 2.24) is 4.98 Å². The number of rotatable bonds is 4. The van der Waals surface area contributed by atoms with Crippen LogP contribution in [0.1, 0.15) is 20.8 Å². The van der Waals surface area contributed by atoms with Gasteiger partial charge in [0.1, 0.15) is 0 Å². The molecule has 0 aliphatic rings. The maximum atomic E-state index is 12.1. The monoisotopic (exact) mass is 338 g/mol. The smallest absolute Gasteiger partial charge is 0.229 e. The molecule has 2 aromatic rings. The number of sulfonamides is 1. The van der Waals surface area contributed by atoms with E-state index >= 15 is 0 Å². The SMILES string of the molecule is CC(C)(C)C(=O)Nc1ccc(S(=O)(=O)[N-]c2nccs2)cc1. The van der Waals surface area contributed by atoms with Gasteiger partial charge in [-0.25, -0.2) is 8.42 Å². The van der Waals surface area contributed by atoms with E-state index in [0.717, 1.165) is 11.3 Å². The van der Waals surface area contributed by atoms with Crippen LogP contribution in [0.4, 0.5) is 10.8 Å². The van der Waals surface area contributed by atoms with Gasteiger partial charge >= 0.3 is 0 Å². The van der Waals surface area contributed by atoms with Crippen LogP contribution in [0, 0.1) is 5.41 Å². The lowest BCUT2D eigenvalue weighted by atomic mass is 9.95. The molecule has 0 bridgehead atoms.